The molecule has 80 valence electrons. The fourth-order valence-electron chi connectivity index (χ4n) is 0.922. The number of anilines is 1. The number of aromatic hydroxyl groups is 1. The van der Waals surface area contributed by atoms with E-state index in [0.717, 1.165) is 11.3 Å². The Morgan fingerprint density at radius 3 is 2.87 bits per heavy atom. The zero-order valence-corrected chi connectivity index (χ0v) is 9.64. The number of thiazole rings is 1. The van der Waals surface area contributed by atoms with Gasteiger partial charge in [-0.2, -0.15) is 0 Å². The van der Waals surface area contributed by atoms with Crippen molar-refractivity contribution < 1.29 is 5.11 Å². The summed E-state index contributed by atoms with van der Waals surface area (Å²) in [6.07, 6.45) is 7.09. The maximum atomic E-state index is 9.13. The Morgan fingerprint density at radius 1 is 1.67 bits per heavy atom. The summed E-state index contributed by atoms with van der Waals surface area (Å²) in [5.74, 6) is 0. The van der Waals surface area contributed by atoms with E-state index < -0.39 is 0 Å². The number of nitrogens with one attached hydrogen (secondary N) is 1. The van der Waals surface area contributed by atoms with E-state index in [4.69, 9.17) is 5.11 Å². The van der Waals surface area contributed by atoms with Gasteiger partial charge in [0.15, 0.2) is 10.2 Å². The van der Waals surface area contributed by atoms with Crippen LogP contribution in [0.4, 0.5) is 5.13 Å². The third-order valence-corrected chi connectivity index (χ3v) is 2.52. The monoisotopic (exact) mass is 222 g/mol. The molecule has 1 rings (SSSR count). The Balaban J connectivity index is 2.78. The lowest BCUT2D eigenvalue weighted by Crippen LogP contribution is -1.95. The number of aromatic nitrogens is 1. The number of nitrogens with zero attached hydrogens (tertiary/aromatic N) is 1. The molecule has 15 heavy (non-hydrogen) atoms. The van der Waals surface area contributed by atoms with Gasteiger partial charge in [-0.05, 0) is 26.0 Å². The van der Waals surface area contributed by atoms with Crippen molar-refractivity contribution >= 4 is 16.5 Å². The molecule has 0 saturated carbocycles. The summed E-state index contributed by atoms with van der Waals surface area (Å²) in [7, 11) is 0. The van der Waals surface area contributed by atoms with E-state index in [1.54, 1.807) is 6.08 Å². The summed E-state index contributed by atoms with van der Waals surface area (Å²) < 4.78 is 0. The van der Waals surface area contributed by atoms with Gasteiger partial charge in [0.05, 0.1) is 6.20 Å². The van der Waals surface area contributed by atoms with Gasteiger partial charge in [0, 0.05) is 5.70 Å². The van der Waals surface area contributed by atoms with E-state index in [1.165, 1.54) is 17.5 Å². The van der Waals surface area contributed by atoms with Crippen molar-refractivity contribution in [2.24, 2.45) is 0 Å². The second kappa shape index (κ2) is 5.36. The van der Waals surface area contributed by atoms with Crippen LogP contribution in [0.5, 0.6) is 5.06 Å². The minimum Gasteiger partial charge on any atom is -0.498 e. The van der Waals surface area contributed by atoms with Gasteiger partial charge >= 0.3 is 0 Å². The van der Waals surface area contributed by atoms with Crippen molar-refractivity contribution in [1.29, 1.82) is 0 Å². The molecule has 2 N–H and O–H groups in total. The molecule has 1 heterocycles. The zero-order chi connectivity index (χ0) is 11.3. The number of hydrogen-bond donors (Lipinski definition) is 2. The molecule has 0 saturated heterocycles. The van der Waals surface area contributed by atoms with Gasteiger partial charge in [-0.25, -0.2) is 4.98 Å². The Labute approximate surface area is 93.5 Å². The van der Waals surface area contributed by atoms with Crippen LogP contribution in [0.2, 0.25) is 0 Å². The predicted octanol–water partition coefficient (Wildman–Crippen LogP) is 3.30. The molecule has 0 aliphatic rings. The first-order valence-corrected chi connectivity index (χ1v) is 5.36. The van der Waals surface area contributed by atoms with Gasteiger partial charge in [-0.1, -0.05) is 29.6 Å². The molecule has 0 fully saturated rings. The average molecular weight is 222 g/mol. The van der Waals surface area contributed by atoms with Crippen LogP contribution in [-0.2, 0) is 0 Å². The lowest BCUT2D eigenvalue weighted by Gasteiger charge is -2.02. The SMILES string of the molecule is C=C/C(=C\C(C)=C/C)Nc1ncc(O)s1. The Kier molecular flexibility index (Phi) is 4.12. The van der Waals surface area contributed by atoms with Crippen LogP contribution in [0, 0.1) is 0 Å². The van der Waals surface area contributed by atoms with Gasteiger partial charge in [-0.3, -0.25) is 0 Å². The first-order valence-electron chi connectivity index (χ1n) is 4.54. The fraction of sp³-hybridized carbons (Fsp3) is 0.182. The van der Waals surface area contributed by atoms with E-state index in [-0.39, 0.29) is 5.06 Å². The summed E-state index contributed by atoms with van der Waals surface area (Å²) in [5.41, 5.74) is 2.00. The first-order chi connectivity index (χ1) is 7.15. The summed E-state index contributed by atoms with van der Waals surface area (Å²) >= 11 is 1.19. The zero-order valence-electron chi connectivity index (χ0n) is 8.82. The lowest BCUT2D eigenvalue weighted by atomic mass is 10.2. The molecule has 0 radical (unpaired) electrons. The smallest absolute Gasteiger partial charge is 0.193 e. The summed E-state index contributed by atoms with van der Waals surface area (Å²) in [6, 6.07) is 0. The van der Waals surface area contributed by atoms with Crippen LogP contribution >= 0.6 is 11.3 Å². The highest BCUT2D eigenvalue weighted by Crippen LogP contribution is 2.24. The van der Waals surface area contributed by atoms with Gasteiger partial charge in [-0.15, -0.1) is 0 Å². The Hall–Kier alpha value is -1.55. The molecule has 0 spiro atoms. The maximum Gasteiger partial charge on any atom is 0.193 e. The largest absolute Gasteiger partial charge is 0.498 e. The van der Waals surface area contributed by atoms with Crippen molar-refractivity contribution in [3.63, 3.8) is 0 Å². The standard InChI is InChI=1S/C11H14N2OS/c1-4-8(3)6-9(5-2)13-11-12-7-10(14)15-11/h4-7,14H,2H2,1,3H3,(H,12,13)/b8-4-,9-6+. The van der Waals surface area contributed by atoms with Crippen LogP contribution in [0.25, 0.3) is 0 Å². The van der Waals surface area contributed by atoms with E-state index in [1.807, 2.05) is 26.0 Å². The molecule has 0 aromatic carbocycles. The molecule has 4 heteroatoms. The maximum absolute atomic E-state index is 9.13. The third kappa shape index (κ3) is 3.59. The molecule has 1 aromatic heterocycles. The van der Waals surface area contributed by atoms with Gasteiger partial charge < -0.3 is 10.4 Å². The number of allylic oxidation sites excluding steroid dienone is 4. The molecular weight excluding hydrogens is 208 g/mol. The quantitative estimate of drug-likeness (QED) is 0.768. The van der Waals surface area contributed by atoms with Crippen molar-refractivity contribution in [3.8, 4) is 5.06 Å². The Morgan fingerprint density at radius 2 is 2.40 bits per heavy atom. The summed E-state index contributed by atoms with van der Waals surface area (Å²) in [5, 5.41) is 13.0. The molecule has 0 unspecified atom stereocenters. The van der Waals surface area contributed by atoms with Crippen molar-refractivity contribution in [2.75, 3.05) is 5.32 Å². The molecule has 0 bridgehead atoms. The van der Waals surface area contributed by atoms with Gasteiger partial charge in [0.2, 0.25) is 0 Å². The van der Waals surface area contributed by atoms with Crippen LogP contribution in [-0.4, -0.2) is 10.1 Å². The molecule has 0 atom stereocenters. The number of rotatable bonds is 4. The number of hydrogen-bond acceptors (Lipinski definition) is 4. The molecular formula is C11H14N2OS. The lowest BCUT2D eigenvalue weighted by molar-refractivity contribution is 0.489. The predicted molar refractivity (Wildman–Crippen MR) is 65.1 cm³/mol. The van der Waals surface area contributed by atoms with E-state index in [0.29, 0.717) is 5.13 Å². The van der Waals surface area contributed by atoms with E-state index in [2.05, 4.69) is 16.9 Å². The van der Waals surface area contributed by atoms with Gasteiger partial charge in [0.1, 0.15) is 0 Å². The highest BCUT2D eigenvalue weighted by molar-refractivity contribution is 7.17. The molecule has 0 amide bonds. The summed E-state index contributed by atoms with van der Waals surface area (Å²) in [6.45, 7) is 7.69. The van der Waals surface area contributed by atoms with Crippen LogP contribution < -0.4 is 5.32 Å². The van der Waals surface area contributed by atoms with Crippen molar-refractivity contribution in [1.82, 2.24) is 4.98 Å². The molecule has 3 nitrogen and oxygen atoms in total. The molecule has 0 aliphatic carbocycles. The van der Waals surface area contributed by atoms with Crippen LogP contribution in [0.1, 0.15) is 13.8 Å². The fourth-order valence-corrected chi connectivity index (χ4v) is 1.50. The molecule has 1 aromatic rings. The van der Waals surface area contributed by atoms with Crippen LogP contribution in [0.15, 0.2) is 42.3 Å². The second-order valence-corrected chi connectivity index (χ2v) is 3.97. The minimum atomic E-state index is 0.198. The third-order valence-electron chi connectivity index (χ3n) is 1.80. The normalized spacial score (nSPS) is 12.7. The summed E-state index contributed by atoms with van der Waals surface area (Å²) in [4.78, 5) is 3.99. The highest BCUT2D eigenvalue weighted by Gasteiger charge is 2.00. The van der Waals surface area contributed by atoms with Crippen LogP contribution in [0.3, 0.4) is 0 Å². The highest BCUT2D eigenvalue weighted by atomic mass is 32.1. The van der Waals surface area contributed by atoms with E-state index in [9.17, 15) is 0 Å². The molecule has 0 aliphatic heterocycles. The van der Waals surface area contributed by atoms with E-state index >= 15 is 0 Å². The van der Waals surface area contributed by atoms with Crippen molar-refractivity contribution in [2.45, 2.75) is 13.8 Å². The van der Waals surface area contributed by atoms with Crippen molar-refractivity contribution in [3.05, 3.63) is 42.3 Å². The van der Waals surface area contributed by atoms with Gasteiger partial charge in [0.25, 0.3) is 0 Å². The Bertz CT molecular complexity index is 404. The topological polar surface area (TPSA) is 45.2 Å². The average Bonchev–Trinajstić information content (AvgIpc) is 2.62. The first kappa shape index (κ1) is 11.5. The minimum absolute atomic E-state index is 0.198. The second-order valence-electron chi connectivity index (χ2n) is 2.97.